The molecule has 0 aromatic heterocycles. The van der Waals surface area contributed by atoms with Gasteiger partial charge in [-0.25, -0.2) is 22.3 Å². The van der Waals surface area contributed by atoms with E-state index in [1.807, 2.05) is 0 Å². The second kappa shape index (κ2) is 3.80. The molecule has 7 heteroatoms. The quantitative estimate of drug-likeness (QED) is 0.910. The van der Waals surface area contributed by atoms with Crippen LogP contribution in [-0.2, 0) is 15.9 Å². The summed E-state index contributed by atoms with van der Waals surface area (Å²) in [6.45, 7) is 0.682. The van der Waals surface area contributed by atoms with Gasteiger partial charge in [0.1, 0.15) is 0 Å². The zero-order valence-corrected chi connectivity index (χ0v) is 10.1. The second-order valence-corrected chi connectivity index (χ2v) is 5.59. The topological polar surface area (TPSA) is 60.2 Å². The SMILES string of the molecule is CC(F)(F)c1cc(Br)cc(S(N)(=O)=O)c1. The highest BCUT2D eigenvalue weighted by Gasteiger charge is 2.26. The fraction of sp³-hybridized carbons (Fsp3) is 0.250. The summed E-state index contributed by atoms with van der Waals surface area (Å²) >= 11 is 2.94. The zero-order chi connectivity index (χ0) is 11.9. The molecule has 0 aliphatic heterocycles. The molecule has 2 N–H and O–H groups in total. The normalized spacial score (nSPS) is 12.9. The third kappa shape index (κ3) is 3.22. The van der Waals surface area contributed by atoms with Crippen LogP contribution < -0.4 is 5.14 Å². The van der Waals surface area contributed by atoms with Crippen LogP contribution >= 0.6 is 15.9 Å². The molecule has 0 atom stereocenters. The molecule has 1 aromatic carbocycles. The van der Waals surface area contributed by atoms with E-state index in [0.29, 0.717) is 6.92 Å². The Balaban J connectivity index is 3.43. The van der Waals surface area contributed by atoms with Gasteiger partial charge in [0.05, 0.1) is 4.90 Å². The van der Waals surface area contributed by atoms with Crippen molar-refractivity contribution in [3.05, 3.63) is 28.2 Å². The molecule has 1 aromatic rings. The molecule has 0 spiro atoms. The number of hydrogen-bond acceptors (Lipinski definition) is 2. The van der Waals surface area contributed by atoms with Crippen LogP contribution in [0.4, 0.5) is 8.78 Å². The Labute approximate surface area is 94.5 Å². The van der Waals surface area contributed by atoms with Crippen molar-refractivity contribution < 1.29 is 17.2 Å². The summed E-state index contributed by atoms with van der Waals surface area (Å²) in [6.07, 6.45) is 0. The van der Waals surface area contributed by atoms with E-state index in [2.05, 4.69) is 15.9 Å². The van der Waals surface area contributed by atoms with E-state index in [0.717, 1.165) is 12.1 Å². The van der Waals surface area contributed by atoms with Crippen LogP contribution in [0.5, 0.6) is 0 Å². The first kappa shape index (κ1) is 12.5. The van der Waals surface area contributed by atoms with Crippen LogP contribution in [0.2, 0.25) is 0 Å². The van der Waals surface area contributed by atoms with E-state index in [1.54, 1.807) is 0 Å². The summed E-state index contributed by atoms with van der Waals surface area (Å²) in [4.78, 5) is -0.339. The summed E-state index contributed by atoms with van der Waals surface area (Å²) in [7, 11) is -3.97. The molecule has 0 bridgehead atoms. The van der Waals surface area contributed by atoms with Gasteiger partial charge >= 0.3 is 0 Å². The lowest BCUT2D eigenvalue weighted by molar-refractivity contribution is 0.0172. The molecular formula is C8H8BrF2NO2S. The fourth-order valence-electron chi connectivity index (χ4n) is 0.980. The van der Waals surface area contributed by atoms with Crippen LogP contribution in [0.25, 0.3) is 0 Å². The Kier molecular flexibility index (Phi) is 3.18. The van der Waals surface area contributed by atoms with Crippen molar-refractivity contribution in [1.82, 2.24) is 0 Å². The molecule has 0 unspecified atom stereocenters. The highest BCUT2D eigenvalue weighted by molar-refractivity contribution is 9.10. The smallest absolute Gasteiger partial charge is 0.225 e. The third-order valence-corrected chi connectivity index (χ3v) is 3.06. The van der Waals surface area contributed by atoms with Gasteiger partial charge < -0.3 is 0 Å². The minimum Gasteiger partial charge on any atom is -0.225 e. The summed E-state index contributed by atoms with van der Waals surface area (Å²) < 4.78 is 48.1. The van der Waals surface area contributed by atoms with E-state index in [1.165, 1.54) is 6.07 Å². The number of sulfonamides is 1. The first-order chi connectivity index (χ1) is 6.60. The second-order valence-electron chi connectivity index (χ2n) is 3.11. The molecule has 0 fully saturated rings. The van der Waals surface area contributed by atoms with Crippen LogP contribution in [0.1, 0.15) is 12.5 Å². The van der Waals surface area contributed by atoms with Gasteiger partial charge in [0.15, 0.2) is 0 Å². The van der Waals surface area contributed by atoms with Gasteiger partial charge in [-0.05, 0) is 18.2 Å². The maximum absolute atomic E-state index is 12.9. The first-order valence-electron chi connectivity index (χ1n) is 3.82. The Morgan fingerprint density at radius 1 is 1.33 bits per heavy atom. The van der Waals surface area contributed by atoms with E-state index < -0.39 is 21.5 Å². The van der Waals surface area contributed by atoms with E-state index in [4.69, 9.17) is 5.14 Å². The molecule has 3 nitrogen and oxygen atoms in total. The Morgan fingerprint density at radius 3 is 2.27 bits per heavy atom. The number of benzene rings is 1. The van der Waals surface area contributed by atoms with Gasteiger partial charge in [0.2, 0.25) is 10.0 Å². The number of rotatable bonds is 2. The van der Waals surface area contributed by atoms with Crippen LogP contribution in [0.15, 0.2) is 27.6 Å². The highest BCUT2D eigenvalue weighted by atomic mass is 79.9. The van der Waals surface area contributed by atoms with Crippen molar-refractivity contribution in [2.24, 2.45) is 5.14 Å². The molecule has 1 rings (SSSR count). The monoisotopic (exact) mass is 299 g/mol. The van der Waals surface area contributed by atoms with Crippen LogP contribution in [0, 0.1) is 0 Å². The molecular weight excluding hydrogens is 292 g/mol. The number of primary sulfonamides is 1. The molecule has 15 heavy (non-hydrogen) atoms. The van der Waals surface area contributed by atoms with Crippen molar-refractivity contribution in [2.75, 3.05) is 0 Å². The minimum atomic E-state index is -3.97. The molecule has 0 radical (unpaired) electrons. The summed E-state index contributed by atoms with van der Waals surface area (Å²) in [5.41, 5.74) is -0.402. The van der Waals surface area contributed by atoms with E-state index >= 15 is 0 Å². The Hall–Kier alpha value is -0.530. The lowest BCUT2D eigenvalue weighted by Crippen LogP contribution is -2.14. The molecule has 0 heterocycles. The van der Waals surface area contributed by atoms with Gasteiger partial charge in [-0.3, -0.25) is 0 Å². The predicted molar refractivity (Wildman–Crippen MR) is 55.1 cm³/mol. The maximum Gasteiger partial charge on any atom is 0.270 e. The first-order valence-corrected chi connectivity index (χ1v) is 6.16. The maximum atomic E-state index is 12.9. The van der Waals surface area contributed by atoms with Crippen molar-refractivity contribution in [2.45, 2.75) is 17.7 Å². The average molecular weight is 300 g/mol. The van der Waals surface area contributed by atoms with Gasteiger partial charge in [0, 0.05) is 17.0 Å². The molecule has 0 aliphatic carbocycles. The third-order valence-electron chi connectivity index (χ3n) is 1.71. The summed E-state index contributed by atoms with van der Waals surface area (Å²) in [5, 5.41) is 4.84. The summed E-state index contributed by atoms with van der Waals surface area (Å²) in [6, 6.07) is 3.18. The molecule has 0 saturated carbocycles. The standard InChI is InChI=1S/C8H8BrF2NO2S/c1-8(10,11)5-2-6(9)4-7(3-5)15(12,13)14/h2-4H,1H3,(H2,12,13,14). The lowest BCUT2D eigenvalue weighted by Gasteiger charge is -2.12. The van der Waals surface area contributed by atoms with Crippen molar-refractivity contribution in [3.8, 4) is 0 Å². The number of alkyl halides is 2. The average Bonchev–Trinajstić information content (AvgIpc) is 1.99. The highest BCUT2D eigenvalue weighted by Crippen LogP contribution is 2.31. The zero-order valence-electron chi connectivity index (χ0n) is 7.67. The number of hydrogen-bond donors (Lipinski definition) is 1. The van der Waals surface area contributed by atoms with E-state index in [9.17, 15) is 17.2 Å². The molecule has 0 aliphatic rings. The fourth-order valence-corrected chi connectivity index (χ4v) is 2.21. The van der Waals surface area contributed by atoms with Crippen LogP contribution in [0.3, 0.4) is 0 Å². The number of nitrogens with two attached hydrogens (primary N) is 1. The van der Waals surface area contributed by atoms with Gasteiger partial charge in [-0.1, -0.05) is 15.9 Å². The van der Waals surface area contributed by atoms with Crippen molar-refractivity contribution >= 4 is 26.0 Å². The number of halogens is 3. The summed E-state index contributed by atoms with van der Waals surface area (Å²) in [5.74, 6) is -3.11. The minimum absolute atomic E-state index is 0.241. The lowest BCUT2D eigenvalue weighted by atomic mass is 10.1. The molecule has 84 valence electrons. The largest absolute Gasteiger partial charge is 0.270 e. The van der Waals surface area contributed by atoms with Gasteiger partial charge in [0.25, 0.3) is 5.92 Å². The Morgan fingerprint density at radius 2 is 1.87 bits per heavy atom. The predicted octanol–water partition coefficient (Wildman–Crippen LogP) is 2.21. The van der Waals surface area contributed by atoms with E-state index in [-0.39, 0.29) is 9.37 Å². The van der Waals surface area contributed by atoms with Crippen molar-refractivity contribution in [1.29, 1.82) is 0 Å². The Bertz CT molecular complexity index is 482. The van der Waals surface area contributed by atoms with Gasteiger partial charge in [-0.2, -0.15) is 0 Å². The van der Waals surface area contributed by atoms with Crippen molar-refractivity contribution in [3.63, 3.8) is 0 Å². The molecule has 0 amide bonds. The van der Waals surface area contributed by atoms with Gasteiger partial charge in [-0.15, -0.1) is 0 Å². The van der Waals surface area contributed by atoms with Crippen LogP contribution in [-0.4, -0.2) is 8.42 Å². The molecule has 0 saturated heterocycles.